The molecule has 0 aromatic heterocycles. The lowest BCUT2D eigenvalue weighted by Crippen LogP contribution is -2.62. The number of carbonyl (C=O) groups is 4. The van der Waals surface area contributed by atoms with E-state index >= 15 is 0 Å². The Morgan fingerprint density at radius 3 is 2.48 bits per heavy atom. The van der Waals surface area contributed by atoms with Crippen molar-refractivity contribution in [3.8, 4) is 0 Å². The Bertz CT molecular complexity index is 854. The summed E-state index contributed by atoms with van der Waals surface area (Å²) < 4.78 is 0. The molecule has 9 heteroatoms. The van der Waals surface area contributed by atoms with E-state index in [1.807, 2.05) is 13.8 Å². The van der Waals surface area contributed by atoms with Gasteiger partial charge in [0.2, 0.25) is 11.8 Å². The molecule has 2 aliphatic heterocycles. The number of hydrogen-bond donors (Lipinski definition) is 2. The lowest BCUT2D eigenvalue weighted by atomic mass is 9.73. The van der Waals surface area contributed by atoms with E-state index in [0.717, 1.165) is 0 Å². The third kappa shape index (κ3) is 4.04. The number of carbonyl (C=O) groups excluding carboxylic acids is 3. The number of ketones is 1. The number of rotatable bonds is 8. The van der Waals surface area contributed by atoms with Crippen LogP contribution in [0.25, 0.3) is 0 Å². The molecule has 8 nitrogen and oxygen atoms in total. The van der Waals surface area contributed by atoms with Gasteiger partial charge in [-0.1, -0.05) is 13.8 Å². The van der Waals surface area contributed by atoms with E-state index < -0.39 is 5.97 Å². The predicted molar refractivity (Wildman–Crippen MR) is 117 cm³/mol. The van der Waals surface area contributed by atoms with Gasteiger partial charge in [0.15, 0.2) is 0 Å². The lowest BCUT2D eigenvalue weighted by molar-refractivity contribution is -0.160. The highest BCUT2D eigenvalue weighted by atomic mass is 32.2. The van der Waals surface area contributed by atoms with Crippen LogP contribution < -0.4 is 0 Å². The molecule has 1 aliphatic carbocycles. The van der Waals surface area contributed by atoms with Gasteiger partial charge in [-0.2, -0.15) is 0 Å². The molecule has 0 radical (unpaired) electrons. The van der Waals surface area contributed by atoms with Crippen molar-refractivity contribution in [2.75, 3.05) is 14.1 Å². The van der Waals surface area contributed by atoms with Gasteiger partial charge in [0.25, 0.3) is 0 Å². The van der Waals surface area contributed by atoms with Gasteiger partial charge in [0, 0.05) is 48.4 Å². The molecule has 2 heterocycles. The van der Waals surface area contributed by atoms with Gasteiger partial charge >= 0.3 is 5.97 Å². The van der Waals surface area contributed by atoms with Crippen LogP contribution in [-0.4, -0.2) is 70.1 Å². The van der Waals surface area contributed by atoms with Crippen LogP contribution in [0.2, 0.25) is 0 Å². The fraction of sp³-hybridized carbons (Fsp3) is 0.682. The van der Waals surface area contributed by atoms with Crippen molar-refractivity contribution in [3.05, 3.63) is 10.6 Å². The largest absolute Gasteiger partial charge is 0.477 e. The smallest absolute Gasteiger partial charge is 0.353 e. The Morgan fingerprint density at radius 1 is 1.32 bits per heavy atom. The van der Waals surface area contributed by atoms with E-state index in [-0.39, 0.29) is 64.2 Å². The number of nitrogens with one attached hydrogen (secondary N) is 1. The summed E-state index contributed by atoms with van der Waals surface area (Å²) in [6, 6.07) is -0.241. The number of carboxylic acid groups (broad SMARTS) is 1. The summed E-state index contributed by atoms with van der Waals surface area (Å²) in [6.45, 7) is 5.33. The molecule has 7 atom stereocenters. The van der Waals surface area contributed by atoms with Gasteiger partial charge in [0.05, 0.1) is 12.0 Å². The van der Waals surface area contributed by atoms with Crippen molar-refractivity contribution in [1.82, 2.24) is 9.80 Å². The maximum atomic E-state index is 12.9. The second-order valence-electron chi connectivity index (χ2n) is 9.30. The number of aliphatic carboxylic acids is 1. The maximum Gasteiger partial charge on any atom is 0.353 e. The number of nitrogens with zero attached hydrogens (tertiary/aromatic N) is 2. The Balaban J connectivity index is 1.82. The molecule has 2 amide bonds. The monoisotopic (exact) mass is 449 g/mol. The number of fused-ring (bicyclic) bond motifs is 1. The molecule has 1 saturated carbocycles. The van der Waals surface area contributed by atoms with Gasteiger partial charge in [0.1, 0.15) is 11.5 Å². The molecule has 3 rings (SSSR count). The highest BCUT2D eigenvalue weighted by Crippen LogP contribution is 2.54. The van der Waals surface area contributed by atoms with Gasteiger partial charge in [-0.25, -0.2) is 4.79 Å². The zero-order valence-corrected chi connectivity index (χ0v) is 19.4. The summed E-state index contributed by atoms with van der Waals surface area (Å²) in [6.07, 6.45) is 2.83. The quantitative estimate of drug-likeness (QED) is 0.433. The summed E-state index contributed by atoms with van der Waals surface area (Å²) in [5, 5.41) is 17.6. The molecule has 1 unspecified atom stereocenters. The average Bonchev–Trinajstić information content (AvgIpc) is 3.18. The molecule has 0 aromatic rings. The fourth-order valence-corrected chi connectivity index (χ4v) is 7.08. The van der Waals surface area contributed by atoms with Crippen molar-refractivity contribution >= 4 is 41.5 Å². The Labute approximate surface area is 186 Å². The summed E-state index contributed by atoms with van der Waals surface area (Å²) in [5.41, 5.74) is 0.0487. The van der Waals surface area contributed by atoms with Crippen molar-refractivity contribution in [3.63, 3.8) is 0 Å². The maximum absolute atomic E-state index is 12.9. The van der Waals surface area contributed by atoms with Gasteiger partial charge in [-0.3, -0.25) is 9.59 Å². The van der Waals surface area contributed by atoms with Crippen LogP contribution in [0.3, 0.4) is 0 Å². The molecule has 2 fully saturated rings. The van der Waals surface area contributed by atoms with Crippen molar-refractivity contribution < 1.29 is 24.3 Å². The molecule has 3 aliphatic rings. The van der Waals surface area contributed by atoms with E-state index in [1.165, 1.54) is 29.8 Å². The summed E-state index contributed by atoms with van der Waals surface area (Å²) >= 11 is 1.45. The number of amides is 2. The zero-order valence-electron chi connectivity index (χ0n) is 18.6. The van der Waals surface area contributed by atoms with Crippen molar-refractivity contribution in [2.45, 2.75) is 51.3 Å². The third-order valence-corrected chi connectivity index (χ3v) is 8.39. The molecule has 2 N–H and O–H groups in total. The lowest BCUT2D eigenvalue weighted by Gasteiger charge is -2.47. The molecule has 0 bridgehead atoms. The number of hydrogen-bond acceptors (Lipinski definition) is 6. The summed E-state index contributed by atoms with van der Waals surface area (Å²) in [7, 11) is 3.40. The second kappa shape index (κ2) is 8.76. The average molecular weight is 450 g/mol. The SMILES string of the molecule is CC(=O)C[C@H](C)[C@H]1C(=O)N2C(C(=O)O)=C(S[C@@H]3CC(C=N)[C@H](C(=O)N(C)C)C3)[C@H](C)[C@H]12. The van der Waals surface area contributed by atoms with E-state index in [1.54, 1.807) is 19.0 Å². The number of thioether (sulfide) groups is 1. The van der Waals surface area contributed by atoms with Gasteiger partial charge < -0.3 is 25.1 Å². The number of carboxylic acids is 1. The minimum atomic E-state index is -1.12. The minimum Gasteiger partial charge on any atom is -0.477 e. The minimum absolute atomic E-state index is 0.00851. The Morgan fingerprint density at radius 2 is 1.97 bits per heavy atom. The van der Waals surface area contributed by atoms with Crippen molar-refractivity contribution in [2.24, 2.45) is 29.6 Å². The molecular formula is C22H31N3O5S. The van der Waals surface area contributed by atoms with Crippen LogP contribution >= 0.6 is 11.8 Å². The second-order valence-corrected chi connectivity index (χ2v) is 10.6. The Kier molecular flexibility index (Phi) is 6.64. The summed E-state index contributed by atoms with van der Waals surface area (Å²) in [4.78, 5) is 52.6. The van der Waals surface area contributed by atoms with E-state index in [9.17, 15) is 24.3 Å². The van der Waals surface area contributed by atoms with E-state index in [2.05, 4.69) is 0 Å². The van der Waals surface area contributed by atoms with Crippen LogP contribution in [0, 0.1) is 35.0 Å². The molecule has 0 aromatic carbocycles. The van der Waals surface area contributed by atoms with Crippen LogP contribution in [0.5, 0.6) is 0 Å². The fourth-order valence-electron chi connectivity index (χ4n) is 5.45. The topological polar surface area (TPSA) is 119 Å². The molecule has 1 saturated heterocycles. The first-order valence-corrected chi connectivity index (χ1v) is 11.6. The predicted octanol–water partition coefficient (Wildman–Crippen LogP) is 2.24. The molecule has 0 spiro atoms. The van der Waals surface area contributed by atoms with Gasteiger partial charge in [-0.15, -0.1) is 11.8 Å². The first-order valence-electron chi connectivity index (χ1n) is 10.7. The highest BCUT2D eigenvalue weighted by molar-refractivity contribution is 8.03. The highest BCUT2D eigenvalue weighted by Gasteiger charge is 2.60. The Hall–Kier alpha value is -2.16. The van der Waals surface area contributed by atoms with Crippen molar-refractivity contribution in [1.29, 1.82) is 5.41 Å². The van der Waals surface area contributed by atoms with Crippen LogP contribution in [-0.2, 0) is 19.2 Å². The molecule has 170 valence electrons. The normalized spacial score (nSPS) is 33.1. The first kappa shape index (κ1) is 23.5. The van der Waals surface area contributed by atoms with Crippen LogP contribution in [0.15, 0.2) is 10.6 Å². The molecular weight excluding hydrogens is 418 g/mol. The number of Topliss-reactive ketones (excluding diaryl/α,β-unsaturated/α-hetero) is 1. The first-order chi connectivity index (χ1) is 14.5. The van der Waals surface area contributed by atoms with E-state index in [4.69, 9.17) is 5.41 Å². The van der Waals surface area contributed by atoms with Crippen LogP contribution in [0.4, 0.5) is 0 Å². The third-order valence-electron chi connectivity index (χ3n) is 6.85. The molecule has 31 heavy (non-hydrogen) atoms. The van der Waals surface area contributed by atoms with Gasteiger partial charge in [-0.05, 0) is 31.9 Å². The van der Waals surface area contributed by atoms with Crippen LogP contribution in [0.1, 0.15) is 40.0 Å². The van der Waals surface area contributed by atoms with E-state index in [0.29, 0.717) is 24.2 Å². The number of β-lactam (4-membered cyclic amide) rings is 1. The summed E-state index contributed by atoms with van der Waals surface area (Å²) in [5.74, 6) is -2.41. The zero-order chi connectivity index (χ0) is 23.2. The standard InChI is InChI=1S/C22H31N3O5S/c1-10(6-11(2)26)16-17-12(3)19(18(22(29)30)25(17)21(16)28)31-14-7-13(9-23)15(8-14)20(27)24(4)5/h9-10,12-17,23H,6-8H2,1-5H3,(H,29,30)/t10-,12+,13?,14+,15+,16+,17+/m0/s1.